The fourth-order valence-corrected chi connectivity index (χ4v) is 3.88. The van der Waals surface area contributed by atoms with Gasteiger partial charge >= 0.3 is 0 Å². The molecule has 0 saturated carbocycles. The molecule has 4 heteroatoms. The van der Waals surface area contributed by atoms with Gasteiger partial charge < -0.3 is 5.32 Å². The Kier molecular flexibility index (Phi) is 4.15. The van der Waals surface area contributed by atoms with Crippen molar-refractivity contribution in [3.05, 3.63) is 58.4 Å². The van der Waals surface area contributed by atoms with Gasteiger partial charge in [0, 0.05) is 11.9 Å². The van der Waals surface area contributed by atoms with E-state index in [2.05, 4.69) is 37.1 Å². The molecule has 23 heavy (non-hydrogen) atoms. The van der Waals surface area contributed by atoms with Crippen LogP contribution in [0.15, 0.2) is 36.5 Å². The van der Waals surface area contributed by atoms with Crippen molar-refractivity contribution in [3.63, 3.8) is 0 Å². The Hall–Kier alpha value is -1.87. The third-order valence-electron chi connectivity index (χ3n) is 4.61. The molecule has 0 bridgehead atoms. The molecular weight excluding hydrogens is 308 g/mol. The first-order valence-electron chi connectivity index (χ1n) is 7.91. The van der Waals surface area contributed by atoms with E-state index < -0.39 is 0 Å². The van der Waals surface area contributed by atoms with Gasteiger partial charge in [-0.15, -0.1) is 0 Å². The number of aromatic nitrogens is 1. The molecule has 0 spiro atoms. The van der Waals surface area contributed by atoms with Gasteiger partial charge in [0.1, 0.15) is 5.15 Å². The summed E-state index contributed by atoms with van der Waals surface area (Å²) < 4.78 is 0. The second-order valence-electron chi connectivity index (χ2n) is 6.93. The van der Waals surface area contributed by atoms with Crippen molar-refractivity contribution in [1.29, 1.82) is 0 Å². The van der Waals surface area contributed by atoms with E-state index in [0.717, 1.165) is 17.7 Å². The fraction of sp³-hybridized carbons (Fsp3) is 0.368. The van der Waals surface area contributed by atoms with Gasteiger partial charge in [-0.2, -0.15) is 0 Å². The molecule has 0 fully saturated rings. The molecule has 2 aromatic rings. The standard InChI is InChI=1S/C19H21ClN2O/c1-12-11-19(2,3)14-7-4-8-15(17(12)14)22-16(23)10-13-6-5-9-21-18(13)20/h4-9,12H,10-11H2,1-3H3,(H,22,23). The van der Waals surface area contributed by atoms with Crippen LogP contribution in [0.4, 0.5) is 5.69 Å². The van der Waals surface area contributed by atoms with E-state index in [1.807, 2.05) is 18.2 Å². The molecule has 1 unspecified atom stereocenters. The van der Waals surface area contributed by atoms with Gasteiger partial charge in [0.05, 0.1) is 6.42 Å². The minimum atomic E-state index is -0.0646. The average Bonchev–Trinajstić information content (AvgIpc) is 2.72. The van der Waals surface area contributed by atoms with Gasteiger partial charge in [0.2, 0.25) is 5.91 Å². The number of benzene rings is 1. The van der Waals surface area contributed by atoms with Crippen LogP contribution >= 0.6 is 11.6 Å². The molecule has 3 rings (SSSR count). The highest BCUT2D eigenvalue weighted by Crippen LogP contribution is 2.48. The summed E-state index contributed by atoms with van der Waals surface area (Å²) in [5, 5.41) is 3.45. The Morgan fingerprint density at radius 2 is 2.13 bits per heavy atom. The van der Waals surface area contributed by atoms with Crippen molar-refractivity contribution in [2.24, 2.45) is 0 Å². The van der Waals surface area contributed by atoms with Gasteiger partial charge in [0.25, 0.3) is 0 Å². The Bertz CT molecular complexity index is 755. The van der Waals surface area contributed by atoms with Gasteiger partial charge in [-0.05, 0) is 46.6 Å². The Balaban J connectivity index is 1.83. The largest absolute Gasteiger partial charge is 0.326 e. The number of rotatable bonds is 3. The zero-order valence-electron chi connectivity index (χ0n) is 13.7. The number of pyridine rings is 1. The van der Waals surface area contributed by atoms with Crippen LogP contribution in [0, 0.1) is 0 Å². The predicted octanol–water partition coefficient (Wildman–Crippen LogP) is 4.70. The summed E-state index contributed by atoms with van der Waals surface area (Å²) >= 11 is 6.03. The number of amides is 1. The Labute approximate surface area is 142 Å². The van der Waals surface area contributed by atoms with E-state index in [1.165, 1.54) is 11.1 Å². The predicted molar refractivity (Wildman–Crippen MR) is 94.1 cm³/mol. The lowest BCUT2D eigenvalue weighted by molar-refractivity contribution is -0.115. The lowest BCUT2D eigenvalue weighted by Crippen LogP contribution is -2.17. The highest BCUT2D eigenvalue weighted by atomic mass is 35.5. The van der Waals surface area contributed by atoms with E-state index in [9.17, 15) is 4.79 Å². The zero-order valence-corrected chi connectivity index (χ0v) is 14.4. The van der Waals surface area contributed by atoms with E-state index in [0.29, 0.717) is 11.1 Å². The molecular formula is C19H21ClN2O. The van der Waals surface area contributed by atoms with E-state index >= 15 is 0 Å². The maximum Gasteiger partial charge on any atom is 0.228 e. The van der Waals surface area contributed by atoms with Crippen molar-refractivity contribution in [2.75, 3.05) is 5.32 Å². The van der Waals surface area contributed by atoms with Crippen molar-refractivity contribution < 1.29 is 4.79 Å². The first-order chi connectivity index (χ1) is 10.9. The molecule has 1 aliphatic carbocycles. The van der Waals surface area contributed by atoms with Crippen LogP contribution in [0.3, 0.4) is 0 Å². The summed E-state index contributed by atoms with van der Waals surface area (Å²) in [4.78, 5) is 16.4. The third kappa shape index (κ3) is 3.11. The van der Waals surface area contributed by atoms with Crippen LogP contribution in [0.1, 0.15) is 49.8 Å². The highest BCUT2D eigenvalue weighted by Gasteiger charge is 2.36. The lowest BCUT2D eigenvalue weighted by Gasteiger charge is -2.19. The van der Waals surface area contributed by atoms with Gasteiger partial charge in [0.15, 0.2) is 0 Å². The number of carbonyl (C=O) groups excluding carboxylic acids is 1. The highest BCUT2D eigenvalue weighted by molar-refractivity contribution is 6.30. The van der Waals surface area contributed by atoms with Crippen molar-refractivity contribution in [3.8, 4) is 0 Å². The van der Waals surface area contributed by atoms with Crippen LogP contribution in [0.2, 0.25) is 5.15 Å². The van der Waals surface area contributed by atoms with E-state index in [-0.39, 0.29) is 17.7 Å². The zero-order chi connectivity index (χ0) is 16.6. The maximum absolute atomic E-state index is 12.4. The number of anilines is 1. The summed E-state index contributed by atoms with van der Waals surface area (Å²) in [7, 11) is 0. The lowest BCUT2D eigenvalue weighted by atomic mass is 9.86. The number of carbonyl (C=O) groups is 1. The summed E-state index contributed by atoms with van der Waals surface area (Å²) in [5.74, 6) is 0.378. The molecule has 0 radical (unpaired) electrons. The number of hydrogen-bond acceptors (Lipinski definition) is 2. The molecule has 1 aliphatic rings. The SMILES string of the molecule is CC1CC(C)(C)c2cccc(NC(=O)Cc3cccnc3Cl)c21. The fourth-order valence-electron chi connectivity index (χ4n) is 3.69. The first kappa shape index (κ1) is 16.0. The second kappa shape index (κ2) is 5.97. The molecule has 1 heterocycles. The van der Waals surface area contributed by atoms with E-state index in [1.54, 1.807) is 12.3 Å². The number of nitrogens with one attached hydrogen (secondary N) is 1. The Morgan fingerprint density at radius 3 is 2.87 bits per heavy atom. The van der Waals surface area contributed by atoms with Gasteiger partial charge in [-0.25, -0.2) is 4.98 Å². The average molecular weight is 329 g/mol. The van der Waals surface area contributed by atoms with Crippen molar-refractivity contribution >= 4 is 23.2 Å². The van der Waals surface area contributed by atoms with Crippen LogP contribution in [-0.2, 0) is 16.6 Å². The number of halogens is 1. The number of nitrogens with zero attached hydrogens (tertiary/aromatic N) is 1. The molecule has 1 aromatic heterocycles. The topological polar surface area (TPSA) is 42.0 Å². The molecule has 1 aromatic carbocycles. The molecule has 1 N–H and O–H groups in total. The van der Waals surface area contributed by atoms with Crippen LogP contribution < -0.4 is 5.32 Å². The molecule has 120 valence electrons. The minimum absolute atomic E-state index is 0.0646. The van der Waals surface area contributed by atoms with Crippen molar-refractivity contribution in [2.45, 2.75) is 44.9 Å². The van der Waals surface area contributed by atoms with Crippen LogP contribution in [-0.4, -0.2) is 10.9 Å². The summed E-state index contributed by atoms with van der Waals surface area (Å²) in [5.41, 5.74) is 4.42. The normalized spacial score (nSPS) is 18.5. The number of fused-ring (bicyclic) bond motifs is 1. The molecule has 1 atom stereocenters. The van der Waals surface area contributed by atoms with Gasteiger partial charge in [-0.3, -0.25) is 4.79 Å². The summed E-state index contributed by atoms with van der Waals surface area (Å²) in [6.45, 7) is 6.74. The van der Waals surface area contributed by atoms with E-state index in [4.69, 9.17) is 11.6 Å². The van der Waals surface area contributed by atoms with Crippen LogP contribution in [0.5, 0.6) is 0 Å². The minimum Gasteiger partial charge on any atom is -0.326 e. The monoisotopic (exact) mass is 328 g/mol. The van der Waals surface area contributed by atoms with Crippen LogP contribution in [0.25, 0.3) is 0 Å². The number of hydrogen-bond donors (Lipinski definition) is 1. The molecule has 3 nitrogen and oxygen atoms in total. The summed E-state index contributed by atoms with van der Waals surface area (Å²) in [6.07, 6.45) is 2.95. The summed E-state index contributed by atoms with van der Waals surface area (Å²) in [6, 6.07) is 9.80. The van der Waals surface area contributed by atoms with Crippen molar-refractivity contribution in [1.82, 2.24) is 4.98 Å². The van der Waals surface area contributed by atoms with Gasteiger partial charge in [-0.1, -0.05) is 50.6 Å². The Morgan fingerprint density at radius 1 is 1.35 bits per heavy atom. The third-order valence-corrected chi connectivity index (χ3v) is 4.95. The molecule has 0 saturated heterocycles. The molecule has 1 amide bonds. The first-order valence-corrected chi connectivity index (χ1v) is 8.29. The second-order valence-corrected chi connectivity index (χ2v) is 7.29. The quantitative estimate of drug-likeness (QED) is 0.830. The maximum atomic E-state index is 12.4. The molecule has 0 aliphatic heterocycles. The smallest absolute Gasteiger partial charge is 0.228 e.